The van der Waals surface area contributed by atoms with E-state index >= 15 is 0 Å². The number of likely N-dealkylation sites (tertiary alicyclic amines) is 1. The fraction of sp³-hybridized carbons (Fsp3) is 0.588. The lowest BCUT2D eigenvalue weighted by molar-refractivity contribution is 0.0396. The summed E-state index contributed by atoms with van der Waals surface area (Å²) in [6, 6.07) is 7.77. The predicted octanol–water partition coefficient (Wildman–Crippen LogP) is 2.64. The van der Waals surface area contributed by atoms with E-state index in [0.29, 0.717) is 12.5 Å². The van der Waals surface area contributed by atoms with Gasteiger partial charge in [0.1, 0.15) is 0 Å². The lowest BCUT2D eigenvalue weighted by Gasteiger charge is -2.18. The molecule has 1 saturated heterocycles. The van der Waals surface area contributed by atoms with Crippen LogP contribution in [0.3, 0.4) is 0 Å². The predicted molar refractivity (Wildman–Crippen MR) is 85.9 cm³/mol. The van der Waals surface area contributed by atoms with Crippen molar-refractivity contribution >= 4 is 11.6 Å². The smallest absolute Gasteiger partial charge is 0.253 e. The van der Waals surface area contributed by atoms with Crippen molar-refractivity contribution in [2.45, 2.75) is 26.4 Å². The molecule has 0 saturated carbocycles. The highest BCUT2D eigenvalue weighted by Gasteiger charge is 2.27. The number of nitrogens with zero attached hydrogens (tertiary/aromatic N) is 2. The first-order valence-electron chi connectivity index (χ1n) is 7.65. The van der Waals surface area contributed by atoms with Crippen LogP contribution in [0.15, 0.2) is 24.3 Å². The Hall–Kier alpha value is -1.55. The zero-order valence-corrected chi connectivity index (χ0v) is 13.5. The van der Waals surface area contributed by atoms with Crippen molar-refractivity contribution in [1.29, 1.82) is 0 Å². The molecule has 1 aromatic carbocycles. The fourth-order valence-corrected chi connectivity index (χ4v) is 2.46. The molecule has 0 radical (unpaired) electrons. The van der Waals surface area contributed by atoms with Crippen LogP contribution in [0.5, 0.6) is 0 Å². The second kappa shape index (κ2) is 6.94. The number of carbonyl (C=O) groups is 1. The first kappa shape index (κ1) is 15.8. The maximum atomic E-state index is 12.5. The molecule has 1 aliphatic rings. The molecular weight excluding hydrogens is 264 g/mol. The van der Waals surface area contributed by atoms with E-state index in [0.717, 1.165) is 30.8 Å². The third-order valence-electron chi connectivity index (χ3n) is 3.73. The molecule has 2 rings (SSSR count). The van der Waals surface area contributed by atoms with Crippen molar-refractivity contribution in [3.05, 3.63) is 29.8 Å². The van der Waals surface area contributed by atoms with Crippen LogP contribution >= 0.6 is 0 Å². The minimum absolute atomic E-state index is 0.107. The van der Waals surface area contributed by atoms with Crippen LogP contribution in [0.4, 0.5) is 5.69 Å². The molecular formula is C17H26N2O2. The van der Waals surface area contributed by atoms with Crippen molar-refractivity contribution in [1.82, 2.24) is 4.90 Å². The Morgan fingerprint density at radius 3 is 2.57 bits per heavy atom. The van der Waals surface area contributed by atoms with E-state index in [-0.39, 0.29) is 12.0 Å². The number of amides is 1. The van der Waals surface area contributed by atoms with Crippen molar-refractivity contribution < 1.29 is 9.53 Å². The Kier molecular flexibility index (Phi) is 5.23. The molecule has 116 valence electrons. The molecule has 1 heterocycles. The summed E-state index contributed by atoms with van der Waals surface area (Å²) < 4.78 is 5.83. The molecule has 4 heteroatoms. The summed E-state index contributed by atoms with van der Waals surface area (Å²) >= 11 is 0. The van der Waals surface area contributed by atoms with E-state index in [2.05, 4.69) is 13.8 Å². The number of anilines is 1. The quantitative estimate of drug-likeness (QED) is 0.836. The largest absolute Gasteiger partial charge is 0.378 e. The zero-order valence-electron chi connectivity index (χ0n) is 13.5. The summed E-state index contributed by atoms with van der Waals surface area (Å²) in [5, 5.41) is 0. The Balaban J connectivity index is 1.92. The van der Waals surface area contributed by atoms with Crippen molar-refractivity contribution in [2.24, 2.45) is 5.92 Å². The highest BCUT2D eigenvalue weighted by atomic mass is 16.5. The molecule has 0 aliphatic carbocycles. The summed E-state index contributed by atoms with van der Waals surface area (Å²) in [6.07, 6.45) is 1.13. The minimum Gasteiger partial charge on any atom is -0.378 e. The molecule has 1 amide bonds. The molecule has 4 nitrogen and oxygen atoms in total. The first-order chi connectivity index (χ1) is 9.97. The summed E-state index contributed by atoms with van der Waals surface area (Å²) in [7, 11) is 3.99. The Morgan fingerprint density at radius 1 is 1.33 bits per heavy atom. The molecule has 1 fully saturated rings. The lowest BCUT2D eigenvalue weighted by Crippen LogP contribution is -2.30. The van der Waals surface area contributed by atoms with Crippen LogP contribution in [0.1, 0.15) is 30.6 Å². The van der Waals surface area contributed by atoms with Gasteiger partial charge < -0.3 is 14.5 Å². The van der Waals surface area contributed by atoms with Gasteiger partial charge in [-0.25, -0.2) is 0 Å². The van der Waals surface area contributed by atoms with Gasteiger partial charge in [0, 0.05) is 45.0 Å². The van der Waals surface area contributed by atoms with Gasteiger partial charge in [-0.1, -0.05) is 13.8 Å². The van der Waals surface area contributed by atoms with Gasteiger partial charge in [0.2, 0.25) is 0 Å². The number of rotatable bonds is 5. The van der Waals surface area contributed by atoms with Gasteiger partial charge in [-0.15, -0.1) is 0 Å². The van der Waals surface area contributed by atoms with E-state index in [1.165, 1.54) is 0 Å². The van der Waals surface area contributed by atoms with E-state index in [1.807, 2.05) is 48.2 Å². The standard InChI is InChI=1S/C17H26N2O2/c1-13(2)12-21-16-9-10-19(11-16)17(20)14-5-7-15(8-6-14)18(3)4/h5-8,13,16H,9-12H2,1-4H3/t16-/m0/s1. The van der Waals surface area contributed by atoms with Crippen LogP contribution in [-0.2, 0) is 4.74 Å². The van der Waals surface area contributed by atoms with E-state index in [4.69, 9.17) is 4.74 Å². The summed E-state index contributed by atoms with van der Waals surface area (Å²) in [5.41, 5.74) is 1.86. The van der Waals surface area contributed by atoms with Gasteiger partial charge in [-0.05, 0) is 36.6 Å². The highest BCUT2D eigenvalue weighted by Crippen LogP contribution is 2.18. The SMILES string of the molecule is CC(C)CO[C@H]1CCN(C(=O)c2ccc(N(C)C)cc2)C1. The van der Waals surface area contributed by atoms with Crippen LogP contribution in [0, 0.1) is 5.92 Å². The lowest BCUT2D eigenvalue weighted by atomic mass is 10.2. The first-order valence-corrected chi connectivity index (χ1v) is 7.65. The summed E-state index contributed by atoms with van der Waals surface area (Å²) in [5.74, 6) is 0.643. The molecule has 0 spiro atoms. The molecule has 0 aromatic heterocycles. The molecule has 1 atom stereocenters. The maximum absolute atomic E-state index is 12.5. The number of hydrogen-bond donors (Lipinski definition) is 0. The van der Waals surface area contributed by atoms with Crippen molar-refractivity contribution in [3.8, 4) is 0 Å². The average Bonchev–Trinajstić information content (AvgIpc) is 2.93. The van der Waals surface area contributed by atoms with Crippen LogP contribution in [-0.4, -0.2) is 50.7 Å². The van der Waals surface area contributed by atoms with Crippen molar-refractivity contribution in [2.75, 3.05) is 38.7 Å². The normalized spacial score (nSPS) is 18.3. The number of ether oxygens (including phenoxy) is 1. The van der Waals surface area contributed by atoms with Gasteiger partial charge in [0.15, 0.2) is 0 Å². The average molecular weight is 290 g/mol. The fourth-order valence-electron chi connectivity index (χ4n) is 2.46. The molecule has 0 bridgehead atoms. The number of carbonyl (C=O) groups excluding carboxylic acids is 1. The molecule has 0 unspecified atom stereocenters. The number of hydrogen-bond acceptors (Lipinski definition) is 3. The summed E-state index contributed by atoms with van der Waals surface area (Å²) in [6.45, 7) is 6.55. The van der Waals surface area contributed by atoms with Gasteiger partial charge >= 0.3 is 0 Å². The second-order valence-electron chi connectivity index (χ2n) is 6.33. The monoisotopic (exact) mass is 290 g/mol. The molecule has 1 aromatic rings. The minimum atomic E-state index is 0.107. The van der Waals surface area contributed by atoms with E-state index < -0.39 is 0 Å². The Morgan fingerprint density at radius 2 is 2.00 bits per heavy atom. The molecule has 1 aliphatic heterocycles. The van der Waals surface area contributed by atoms with Crippen LogP contribution in [0.25, 0.3) is 0 Å². The highest BCUT2D eigenvalue weighted by molar-refractivity contribution is 5.94. The maximum Gasteiger partial charge on any atom is 0.253 e. The molecule has 21 heavy (non-hydrogen) atoms. The van der Waals surface area contributed by atoms with Crippen molar-refractivity contribution in [3.63, 3.8) is 0 Å². The van der Waals surface area contributed by atoms with Gasteiger partial charge in [0.25, 0.3) is 5.91 Å². The third kappa shape index (κ3) is 4.21. The third-order valence-corrected chi connectivity index (χ3v) is 3.73. The topological polar surface area (TPSA) is 32.8 Å². The van der Waals surface area contributed by atoms with Crippen LogP contribution in [0.2, 0.25) is 0 Å². The summed E-state index contributed by atoms with van der Waals surface area (Å²) in [4.78, 5) is 16.4. The number of benzene rings is 1. The van der Waals surface area contributed by atoms with E-state index in [1.54, 1.807) is 0 Å². The molecule has 0 N–H and O–H groups in total. The van der Waals surface area contributed by atoms with Gasteiger partial charge in [-0.2, -0.15) is 0 Å². The van der Waals surface area contributed by atoms with E-state index in [9.17, 15) is 4.79 Å². The second-order valence-corrected chi connectivity index (χ2v) is 6.33. The Labute approximate surface area is 127 Å². The zero-order chi connectivity index (χ0) is 15.4. The van der Waals surface area contributed by atoms with Gasteiger partial charge in [0.05, 0.1) is 6.10 Å². The van der Waals surface area contributed by atoms with Gasteiger partial charge in [-0.3, -0.25) is 4.79 Å². The Bertz CT molecular complexity index is 468. The van der Waals surface area contributed by atoms with Crippen LogP contribution < -0.4 is 4.90 Å².